The van der Waals surface area contributed by atoms with Gasteiger partial charge in [-0.3, -0.25) is 27.1 Å². The van der Waals surface area contributed by atoms with Gasteiger partial charge in [-0.2, -0.15) is 0 Å². The monoisotopic (exact) mass is 930 g/mol. The molecule has 17 nitrogen and oxygen atoms in total. The minimum Gasteiger partial charge on any atom is -0.497 e. The molecule has 3 aliphatic rings. The molecule has 3 aromatic carbocycles. The molecule has 6 radical (unpaired) electrons. The topological polar surface area (TPSA) is 163 Å². The van der Waals surface area contributed by atoms with E-state index in [1.165, 1.54) is 7.11 Å². The molecule has 342 valence electrons. The molecule has 22 heteroatoms. The number of phosphoric ester groups is 2. The minimum absolute atomic E-state index is 0.000912. The first-order chi connectivity index (χ1) is 31.4. The summed E-state index contributed by atoms with van der Waals surface area (Å²) in [6.07, 6.45) is -4.78. The second kappa shape index (κ2) is 24.0. The SMILES string of the molecule is [B][C@H]1CC(OC)[C@@H](COP(=O)(OCC[N+]#[C-])OC2C[C@H]([B])O[C@@H]2COP(=O)(OCC[N+]#[C-])OC2C[C@H]([B])O[C@@H]2COC(c2ccccc2)(c2ccc(OC)cc2)c2ccc(OC)cc2)O1. The number of benzene rings is 3. The maximum atomic E-state index is 14.6. The highest BCUT2D eigenvalue weighted by Gasteiger charge is 2.47. The van der Waals surface area contributed by atoms with Crippen LogP contribution in [0.15, 0.2) is 78.9 Å². The molecule has 6 rings (SSSR count). The predicted octanol–water partition coefficient (Wildman–Crippen LogP) is 5.77. The molecule has 0 N–H and O–H groups in total. The fourth-order valence-corrected chi connectivity index (χ4v) is 10.5. The average molecular weight is 930 g/mol. The van der Waals surface area contributed by atoms with Crippen LogP contribution in [-0.4, -0.2) is 146 Å². The Kier molecular flexibility index (Phi) is 18.7. The zero-order valence-electron chi connectivity index (χ0n) is 36.4. The predicted molar refractivity (Wildman–Crippen MR) is 238 cm³/mol. The van der Waals surface area contributed by atoms with Gasteiger partial charge in [0, 0.05) is 25.1 Å². The van der Waals surface area contributed by atoms with Crippen molar-refractivity contribution in [1.82, 2.24) is 0 Å². The van der Waals surface area contributed by atoms with Crippen LogP contribution in [0.1, 0.15) is 36.0 Å². The summed E-state index contributed by atoms with van der Waals surface area (Å²) >= 11 is 0. The molecule has 0 amide bonds. The van der Waals surface area contributed by atoms with Crippen molar-refractivity contribution in [3.63, 3.8) is 0 Å². The van der Waals surface area contributed by atoms with Gasteiger partial charge in [-0.25, -0.2) is 22.3 Å². The molecule has 0 bridgehead atoms. The number of rotatable bonds is 25. The Hall–Kier alpha value is -3.55. The highest BCUT2D eigenvalue weighted by atomic mass is 31.2. The van der Waals surface area contributed by atoms with Crippen molar-refractivity contribution >= 4 is 39.2 Å². The van der Waals surface area contributed by atoms with Gasteiger partial charge in [0.1, 0.15) is 72.2 Å². The quantitative estimate of drug-likeness (QED) is 0.0331. The molecule has 5 unspecified atom stereocenters. The Labute approximate surface area is 384 Å². The van der Waals surface area contributed by atoms with E-state index in [0.29, 0.717) is 17.9 Å². The lowest BCUT2D eigenvalue weighted by molar-refractivity contribution is -0.0763. The molecule has 3 fully saturated rings. The van der Waals surface area contributed by atoms with Crippen molar-refractivity contribution in [2.75, 3.05) is 67.5 Å². The van der Waals surface area contributed by atoms with E-state index in [4.69, 9.17) is 97.0 Å². The Morgan fingerprint density at radius 1 is 0.585 bits per heavy atom. The molecule has 3 aromatic rings. The Bertz CT molecular complexity index is 2090. The van der Waals surface area contributed by atoms with Gasteiger partial charge in [0.25, 0.3) is 0 Å². The second-order valence-electron chi connectivity index (χ2n) is 15.1. The zero-order chi connectivity index (χ0) is 46.5. The van der Waals surface area contributed by atoms with E-state index in [1.807, 2.05) is 78.9 Å². The van der Waals surface area contributed by atoms with Crippen molar-refractivity contribution in [3.05, 3.63) is 118 Å². The molecule has 11 atom stereocenters. The van der Waals surface area contributed by atoms with E-state index < -0.39 is 82.5 Å². The van der Waals surface area contributed by atoms with Crippen LogP contribution >= 0.6 is 15.6 Å². The summed E-state index contributed by atoms with van der Waals surface area (Å²) < 4.78 is 105. The summed E-state index contributed by atoms with van der Waals surface area (Å²) in [6.45, 7) is 12.6. The summed E-state index contributed by atoms with van der Waals surface area (Å²) in [5.74, 6) is 1.29. The molecule has 0 aliphatic carbocycles. The van der Waals surface area contributed by atoms with Crippen molar-refractivity contribution < 1.29 is 69.4 Å². The number of hydrogen-bond donors (Lipinski definition) is 0. The van der Waals surface area contributed by atoms with Crippen LogP contribution < -0.4 is 9.47 Å². The Morgan fingerprint density at radius 3 is 1.40 bits per heavy atom. The van der Waals surface area contributed by atoms with Crippen LogP contribution in [0.25, 0.3) is 9.69 Å². The van der Waals surface area contributed by atoms with Crippen LogP contribution in [0, 0.1) is 13.1 Å². The highest BCUT2D eigenvalue weighted by molar-refractivity contribution is 7.48. The standard InChI is InChI=1S/C43H51B3N2O15P2/c1-47-19-21-55-64(49,57-27-38-34(53-5)23-40(44)60-38)63-36-25-42(46)61-39(36)28-58-65(50,56-22-20-48-2)62-35-24-41(45)59-37(35)26-54-43(29-9-7-6-8-10-29,30-11-15-32(51-3)16-12-30)31-13-17-33(52-4)18-14-31/h6-18,34-42H,19-28H2,3-5H3/t34?,35?,36?,37-,38-,39-,40-,41-,42-,64?,65?/m1/s1. The fourth-order valence-electron chi connectivity index (χ4n) is 7.69. The first kappa shape index (κ1) is 50.9. The van der Waals surface area contributed by atoms with E-state index in [-0.39, 0.29) is 52.4 Å². The van der Waals surface area contributed by atoms with Gasteiger partial charge < -0.3 is 42.8 Å². The van der Waals surface area contributed by atoms with Gasteiger partial charge in [-0.05, 0) is 60.2 Å². The normalized spacial score (nSPS) is 27.3. The number of hydrogen-bond acceptors (Lipinski definition) is 15. The van der Waals surface area contributed by atoms with E-state index in [1.54, 1.807) is 14.2 Å². The maximum Gasteiger partial charge on any atom is 0.475 e. The molecule has 3 saturated heterocycles. The van der Waals surface area contributed by atoms with Crippen molar-refractivity contribution in [2.45, 2.75) is 79.5 Å². The number of phosphoric acid groups is 2. The Morgan fingerprint density at radius 2 is 0.985 bits per heavy atom. The smallest absolute Gasteiger partial charge is 0.475 e. The minimum atomic E-state index is -4.58. The lowest BCUT2D eigenvalue weighted by atomic mass is 9.80. The van der Waals surface area contributed by atoms with Crippen molar-refractivity contribution in [2.24, 2.45) is 0 Å². The molecule has 0 aromatic heterocycles. The first-order valence-electron chi connectivity index (χ1n) is 20.9. The maximum absolute atomic E-state index is 14.6. The van der Waals surface area contributed by atoms with E-state index in [2.05, 4.69) is 9.69 Å². The summed E-state index contributed by atoms with van der Waals surface area (Å²) in [7, 11) is 14.1. The summed E-state index contributed by atoms with van der Waals surface area (Å²) in [6, 6.07) is 22.2. The van der Waals surface area contributed by atoms with Crippen molar-refractivity contribution in [3.8, 4) is 11.5 Å². The largest absolute Gasteiger partial charge is 0.497 e. The molecular formula is C43H51B3N2O15P2. The molecule has 65 heavy (non-hydrogen) atoms. The van der Waals surface area contributed by atoms with Crippen LogP contribution in [0.3, 0.4) is 0 Å². The molecule has 0 saturated carbocycles. The third-order valence-corrected chi connectivity index (χ3v) is 13.8. The third-order valence-electron chi connectivity index (χ3n) is 10.9. The molecule has 3 heterocycles. The number of methoxy groups -OCH3 is 3. The summed E-state index contributed by atoms with van der Waals surface area (Å²) in [5.41, 5.74) is 1.09. The average Bonchev–Trinajstić information content (AvgIpc) is 3.99. The van der Waals surface area contributed by atoms with Crippen molar-refractivity contribution in [1.29, 1.82) is 0 Å². The van der Waals surface area contributed by atoms with E-state index in [0.717, 1.165) is 16.7 Å². The van der Waals surface area contributed by atoms with Gasteiger partial charge in [0.2, 0.25) is 13.1 Å². The summed E-state index contributed by atoms with van der Waals surface area (Å²) in [5, 5.41) is 0. The van der Waals surface area contributed by atoms with Crippen LogP contribution in [0.5, 0.6) is 11.5 Å². The van der Waals surface area contributed by atoms with Crippen LogP contribution in [0.4, 0.5) is 0 Å². The number of ether oxygens (including phenoxy) is 7. The lowest BCUT2D eigenvalue weighted by Gasteiger charge is -2.37. The van der Waals surface area contributed by atoms with Gasteiger partial charge in [-0.1, -0.05) is 54.6 Å². The fraction of sp³-hybridized carbons (Fsp3) is 0.535. The third kappa shape index (κ3) is 13.3. The molecule has 0 spiro atoms. The Balaban J connectivity index is 1.22. The van der Waals surface area contributed by atoms with Crippen LogP contribution in [0.2, 0.25) is 0 Å². The summed E-state index contributed by atoms with van der Waals surface area (Å²) in [4.78, 5) is 6.55. The lowest BCUT2D eigenvalue weighted by Crippen LogP contribution is -2.38. The number of nitrogens with zero attached hydrogens (tertiary/aromatic N) is 2. The van der Waals surface area contributed by atoms with Gasteiger partial charge in [0.15, 0.2) is 0 Å². The van der Waals surface area contributed by atoms with Gasteiger partial charge in [-0.15, -0.1) is 0 Å². The second-order valence-corrected chi connectivity index (χ2v) is 18.4. The highest BCUT2D eigenvalue weighted by Crippen LogP contribution is 2.55. The van der Waals surface area contributed by atoms with Crippen LogP contribution in [-0.2, 0) is 65.6 Å². The molecular weight excluding hydrogens is 879 g/mol. The van der Waals surface area contributed by atoms with E-state index >= 15 is 0 Å². The zero-order valence-corrected chi connectivity index (χ0v) is 38.2. The van der Waals surface area contributed by atoms with Gasteiger partial charge >= 0.3 is 15.6 Å². The molecule has 3 aliphatic heterocycles. The van der Waals surface area contributed by atoms with E-state index in [9.17, 15) is 9.13 Å². The van der Waals surface area contributed by atoms with Gasteiger partial charge in [0.05, 0.1) is 52.4 Å². The first-order valence-corrected chi connectivity index (χ1v) is 23.8.